The Kier molecular flexibility index (Phi) is 4.87. The molecule has 1 aromatic heterocycles. The fourth-order valence-corrected chi connectivity index (χ4v) is 2.27. The maximum atomic E-state index is 13.5. The molecule has 134 valence electrons. The zero-order chi connectivity index (χ0) is 18.7. The Morgan fingerprint density at radius 3 is 2.81 bits per heavy atom. The number of hydrogen-bond donors (Lipinski definition) is 1. The fraction of sp³-hybridized carbons (Fsp3) is 0.176. The zero-order valence-electron chi connectivity index (χ0n) is 13.6. The van der Waals surface area contributed by atoms with Gasteiger partial charge in [-0.3, -0.25) is 9.59 Å². The van der Waals surface area contributed by atoms with E-state index in [0.29, 0.717) is 11.0 Å². The fourth-order valence-electron chi connectivity index (χ4n) is 2.27. The van der Waals surface area contributed by atoms with Crippen LogP contribution in [0.5, 0.6) is 0 Å². The van der Waals surface area contributed by atoms with E-state index < -0.39 is 29.6 Å². The number of anilines is 1. The Morgan fingerprint density at radius 1 is 1.23 bits per heavy atom. The summed E-state index contributed by atoms with van der Waals surface area (Å²) in [6.07, 6.45) is -1.21. The Bertz CT molecular complexity index is 974. The molecule has 3 aromatic rings. The van der Waals surface area contributed by atoms with Crippen molar-refractivity contribution < 1.29 is 23.1 Å². The van der Waals surface area contributed by atoms with E-state index in [-0.39, 0.29) is 12.2 Å². The van der Waals surface area contributed by atoms with Crippen LogP contribution < -0.4 is 5.32 Å². The Morgan fingerprint density at radius 2 is 2.00 bits per heavy atom. The number of para-hydroxylation sites is 1. The second kappa shape index (κ2) is 7.26. The highest BCUT2D eigenvalue weighted by molar-refractivity contribution is 5.95. The van der Waals surface area contributed by atoms with Gasteiger partial charge in [0.05, 0.1) is 11.2 Å². The molecule has 1 N–H and O–H groups in total. The number of ether oxygens (including phenoxy) is 1. The highest BCUT2D eigenvalue weighted by Gasteiger charge is 2.20. The molecule has 0 radical (unpaired) electrons. The summed E-state index contributed by atoms with van der Waals surface area (Å²) in [6, 6.07) is 9.70. The normalized spacial score (nSPS) is 12.0. The molecule has 1 heterocycles. The highest BCUT2D eigenvalue weighted by atomic mass is 19.1. The van der Waals surface area contributed by atoms with Crippen molar-refractivity contribution in [1.82, 2.24) is 15.0 Å². The minimum atomic E-state index is -1.21. The van der Waals surface area contributed by atoms with Crippen LogP contribution in [0, 0.1) is 11.6 Å². The summed E-state index contributed by atoms with van der Waals surface area (Å²) in [5, 5.41) is 9.94. The smallest absolute Gasteiger partial charge is 0.328 e. The number of carbonyl (C=O) groups excluding carboxylic acids is 2. The van der Waals surface area contributed by atoms with E-state index in [9.17, 15) is 18.4 Å². The third kappa shape index (κ3) is 3.82. The molecule has 0 fully saturated rings. The van der Waals surface area contributed by atoms with Gasteiger partial charge < -0.3 is 10.1 Å². The molecule has 0 spiro atoms. The summed E-state index contributed by atoms with van der Waals surface area (Å²) >= 11 is 0. The molecule has 0 aliphatic carbocycles. The summed E-state index contributed by atoms with van der Waals surface area (Å²) in [5.74, 6) is -3.01. The zero-order valence-corrected chi connectivity index (χ0v) is 13.6. The van der Waals surface area contributed by atoms with Crippen LogP contribution in [0.2, 0.25) is 0 Å². The number of rotatable bonds is 5. The van der Waals surface area contributed by atoms with Crippen molar-refractivity contribution in [2.24, 2.45) is 0 Å². The number of aromatic nitrogens is 3. The van der Waals surface area contributed by atoms with Crippen LogP contribution in [0.1, 0.15) is 6.92 Å². The van der Waals surface area contributed by atoms with Crippen LogP contribution in [0.25, 0.3) is 11.0 Å². The first kappa shape index (κ1) is 17.5. The van der Waals surface area contributed by atoms with Crippen molar-refractivity contribution in [2.75, 3.05) is 5.32 Å². The summed E-state index contributed by atoms with van der Waals surface area (Å²) in [7, 11) is 0. The summed E-state index contributed by atoms with van der Waals surface area (Å²) in [6.45, 7) is 1.08. The molecule has 1 amide bonds. The average Bonchev–Trinajstić information content (AvgIpc) is 3.01. The molecular formula is C17H14F2N4O3. The van der Waals surface area contributed by atoms with Gasteiger partial charge in [-0.15, -0.1) is 5.10 Å². The molecule has 0 aliphatic heterocycles. The van der Waals surface area contributed by atoms with Gasteiger partial charge in [-0.1, -0.05) is 17.3 Å². The van der Waals surface area contributed by atoms with E-state index in [2.05, 4.69) is 15.6 Å². The Hall–Kier alpha value is -3.36. The van der Waals surface area contributed by atoms with Crippen molar-refractivity contribution in [1.29, 1.82) is 0 Å². The van der Waals surface area contributed by atoms with Gasteiger partial charge in [0, 0.05) is 6.07 Å². The lowest BCUT2D eigenvalue weighted by Gasteiger charge is -2.14. The third-order valence-electron chi connectivity index (χ3n) is 3.56. The topological polar surface area (TPSA) is 86.1 Å². The molecule has 0 saturated heterocycles. The molecule has 1 unspecified atom stereocenters. The second-order valence-electron chi connectivity index (χ2n) is 5.48. The number of esters is 1. The lowest BCUT2D eigenvalue weighted by atomic mass is 10.2. The van der Waals surface area contributed by atoms with E-state index in [1.165, 1.54) is 11.6 Å². The highest BCUT2D eigenvalue weighted by Crippen LogP contribution is 2.16. The number of nitrogens with zero attached hydrogens (tertiary/aromatic N) is 3. The first-order valence-electron chi connectivity index (χ1n) is 7.67. The summed E-state index contributed by atoms with van der Waals surface area (Å²) < 4.78 is 33.0. The standard InChI is InChI=1S/C17H14F2N4O3/c1-10(17(25)20-14-8-11(18)6-7-12(14)19)26-16(24)9-23-15-5-3-2-4-13(15)21-22-23/h2-8,10H,9H2,1H3,(H,20,25). The number of nitrogens with one attached hydrogen (secondary N) is 1. The predicted octanol–water partition coefficient (Wildman–Crippen LogP) is 2.28. The van der Waals surface area contributed by atoms with E-state index in [1.54, 1.807) is 24.3 Å². The van der Waals surface area contributed by atoms with Crippen molar-refractivity contribution in [3.63, 3.8) is 0 Å². The van der Waals surface area contributed by atoms with Gasteiger partial charge >= 0.3 is 5.97 Å². The molecule has 7 nitrogen and oxygen atoms in total. The number of carbonyl (C=O) groups is 2. The second-order valence-corrected chi connectivity index (χ2v) is 5.48. The van der Waals surface area contributed by atoms with Gasteiger partial charge in [0.2, 0.25) is 0 Å². The molecule has 2 aromatic carbocycles. The van der Waals surface area contributed by atoms with E-state index >= 15 is 0 Å². The largest absolute Gasteiger partial charge is 0.451 e. The summed E-state index contributed by atoms with van der Waals surface area (Å²) in [5.41, 5.74) is 0.927. The molecular weight excluding hydrogens is 346 g/mol. The van der Waals surface area contributed by atoms with Crippen molar-refractivity contribution in [2.45, 2.75) is 19.6 Å². The van der Waals surface area contributed by atoms with E-state index in [1.807, 2.05) is 0 Å². The quantitative estimate of drug-likeness (QED) is 0.706. The molecule has 26 heavy (non-hydrogen) atoms. The summed E-state index contributed by atoms with van der Waals surface area (Å²) in [4.78, 5) is 24.0. The first-order chi connectivity index (χ1) is 12.4. The molecule has 0 bridgehead atoms. The van der Waals surface area contributed by atoms with Gasteiger partial charge in [0.1, 0.15) is 23.7 Å². The molecule has 0 saturated carbocycles. The molecule has 3 rings (SSSR count). The van der Waals surface area contributed by atoms with Gasteiger partial charge in [-0.05, 0) is 31.2 Å². The third-order valence-corrected chi connectivity index (χ3v) is 3.56. The van der Waals surface area contributed by atoms with Gasteiger partial charge in [0.15, 0.2) is 6.10 Å². The SMILES string of the molecule is CC(OC(=O)Cn1nnc2ccccc21)C(=O)Nc1cc(F)ccc1F. The Labute approximate surface area is 146 Å². The van der Waals surface area contributed by atoms with Crippen LogP contribution in [0.4, 0.5) is 14.5 Å². The van der Waals surface area contributed by atoms with E-state index in [0.717, 1.165) is 18.2 Å². The van der Waals surface area contributed by atoms with Gasteiger partial charge in [-0.2, -0.15) is 0 Å². The number of amides is 1. The van der Waals surface area contributed by atoms with Crippen LogP contribution in [-0.2, 0) is 20.9 Å². The number of halogens is 2. The minimum absolute atomic E-state index is 0.244. The van der Waals surface area contributed by atoms with Crippen molar-refractivity contribution in [3.05, 3.63) is 54.1 Å². The monoisotopic (exact) mass is 360 g/mol. The molecule has 1 atom stereocenters. The predicted molar refractivity (Wildman–Crippen MR) is 88.1 cm³/mol. The maximum absolute atomic E-state index is 13.5. The lowest BCUT2D eigenvalue weighted by molar-refractivity contribution is -0.153. The van der Waals surface area contributed by atoms with Crippen molar-refractivity contribution >= 4 is 28.6 Å². The van der Waals surface area contributed by atoms with Crippen LogP contribution >= 0.6 is 0 Å². The molecule has 9 heteroatoms. The lowest BCUT2D eigenvalue weighted by Crippen LogP contribution is -2.31. The van der Waals surface area contributed by atoms with Crippen molar-refractivity contribution in [3.8, 4) is 0 Å². The van der Waals surface area contributed by atoms with E-state index in [4.69, 9.17) is 4.74 Å². The van der Waals surface area contributed by atoms with Crippen LogP contribution in [0.3, 0.4) is 0 Å². The molecule has 0 aliphatic rings. The Balaban J connectivity index is 1.61. The van der Waals surface area contributed by atoms with Crippen LogP contribution in [-0.4, -0.2) is 33.0 Å². The number of hydrogen-bond acceptors (Lipinski definition) is 5. The first-order valence-corrected chi connectivity index (χ1v) is 7.67. The number of benzene rings is 2. The maximum Gasteiger partial charge on any atom is 0.328 e. The van der Waals surface area contributed by atoms with Crippen LogP contribution in [0.15, 0.2) is 42.5 Å². The minimum Gasteiger partial charge on any atom is -0.451 e. The number of fused-ring (bicyclic) bond motifs is 1. The average molecular weight is 360 g/mol. The van der Waals surface area contributed by atoms with Gasteiger partial charge in [0.25, 0.3) is 5.91 Å². The van der Waals surface area contributed by atoms with Gasteiger partial charge in [-0.25, -0.2) is 13.5 Å².